The van der Waals surface area contributed by atoms with Crippen molar-refractivity contribution in [1.29, 1.82) is 0 Å². The maximum absolute atomic E-state index is 12.6. The second-order valence-corrected chi connectivity index (χ2v) is 1.88. The predicted octanol–water partition coefficient (Wildman–Crippen LogP) is -0.190. The summed E-state index contributed by atoms with van der Waals surface area (Å²) in [5, 5.41) is 9.85. The van der Waals surface area contributed by atoms with Crippen molar-refractivity contribution in [1.82, 2.24) is 15.4 Å². The molecule has 0 amide bonds. The molecule has 0 aromatic carbocycles. The van der Waals surface area contributed by atoms with Gasteiger partial charge in [-0.2, -0.15) is 9.60 Å². The number of hydrogen-bond acceptors (Lipinski definition) is 4. The summed E-state index contributed by atoms with van der Waals surface area (Å²) in [6.07, 6.45) is 1.54. The van der Waals surface area contributed by atoms with Gasteiger partial charge in [-0.3, -0.25) is 5.01 Å². The molecule has 0 atom stereocenters. The number of rotatable bonds is 3. The maximum Gasteiger partial charge on any atom is 0.277 e. The molecule has 5 nitrogen and oxygen atoms in total. The summed E-state index contributed by atoms with van der Waals surface area (Å²) in [7, 11) is 0. The summed E-state index contributed by atoms with van der Waals surface area (Å²) in [5.41, 5.74) is 0. The van der Waals surface area contributed by atoms with Crippen molar-refractivity contribution in [2.45, 2.75) is 0 Å². The van der Waals surface area contributed by atoms with Gasteiger partial charge in [0.1, 0.15) is 0 Å². The van der Waals surface area contributed by atoms with Crippen LogP contribution in [0.1, 0.15) is 0 Å². The van der Waals surface area contributed by atoms with Crippen LogP contribution in [0.5, 0.6) is 0 Å². The SMILES string of the molecule is C=CCN(N)c1n[nH]nc1F. The van der Waals surface area contributed by atoms with E-state index in [2.05, 4.69) is 22.0 Å². The van der Waals surface area contributed by atoms with E-state index in [-0.39, 0.29) is 5.82 Å². The lowest BCUT2D eigenvalue weighted by molar-refractivity contribution is 0.576. The first-order valence-corrected chi connectivity index (χ1v) is 2.95. The van der Waals surface area contributed by atoms with E-state index in [1.807, 2.05) is 0 Å². The third-order valence-electron chi connectivity index (χ3n) is 1.09. The van der Waals surface area contributed by atoms with Crippen molar-refractivity contribution in [2.24, 2.45) is 5.84 Å². The highest BCUT2D eigenvalue weighted by Gasteiger charge is 2.10. The molecule has 6 heteroatoms. The molecule has 1 aromatic rings. The lowest BCUT2D eigenvalue weighted by atomic mass is 10.5. The molecule has 0 radical (unpaired) electrons. The van der Waals surface area contributed by atoms with Crippen LogP contribution in [0.4, 0.5) is 10.2 Å². The molecule has 0 saturated heterocycles. The molecule has 0 aliphatic rings. The summed E-state index contributed by atoms with van der Waals surface area (Å²) in [4.78, 5) is 0. The number of nitrogens with one attached hydrogen (secondary N) is 1. The number of halogens is 1. The first kappa shape index (κ1) is 7.67. The lowest BCUT2D eigenvalue weighted by Crippen LogP contribution is -2.31. The molecule has 3 N–H and O–H groups in total. The smallest absolute Gasteiger partial charge is 0.277 e. The van der Waals surface area contributed by atoms with Crippen LogP contribution in [-0.2, 0) is 0 Å². The molecular weight excluding hydrogens is 149 g/mol. The van der Waals surface area contributed by atoms with Gasteiger partial charge in [-0.05, 0) is 0 Å². The normalized spacial score (nSPS) is 9.64. The molecule has 11 heavy (non-hydrogen) atoms. The Morgan fingerprint density at radius 1 is 1.73 bits per heavy atom. The average Bonchev–Trinajstić information content (AvgIpc) is 2.36. The van der Waals surface area contributed by atoms with Crippen LogP contribution in [0.2, 0.25) is 0 Å². The van der Waals surface area contributed by atoms with Gasteiger partial charge in [-0.15, -0.1) is 16.8 Å². The monoisotopic (exact) mass is 157 g/mol. The molecule has 1 aromatic heterocycles. The third kappa shape index (κ3) is 1.53. The highest BCUT2D eigenvalue weighted by molar-refractivity contribution is 5.33. The molecule has 60 valence electrons. The molecule has 0 fully saturated rings. The van der Waals surface area contributed by atoms with Crippen molar-refractivity contribution in [2.75, 3.05) is 11.6 Å². The minimum absolute atomic E-state index is 0.00935. The van der Waals surface area contributed by atoms with Crippen LogP contribution in [-0.4, -0.2) is 22.0 Å². The highest BCUT2D eigenvalue weighted by atomic mass is 19.1. The second-order valence-electron chi connectivity index (χ2n) is 1.88. The Balaban J connectivity index is 2.74. The molecule has 0 aliphatic heterocycles. The fourth-order valence-corrected chi connectivity index (χ4v) is 0.621. The van der Waals surface area contributed by atoms with Crippen LogP contribution < -0.4 is 10.9 Å². The first-order valence-electron chi connectivity index (χ1n) is 2.95. The number of aromatic amines is 1. The fourth-order valence-electron chi connectivity index (χ4n) is 0.621. The quantitative estimate of drug-likeness (QED) is 0.362. The van der Waals surface area contributed by atoms with Crippen LogP contribution in [0, 0.1) is 5.95 Å². The van der Waals surface area contributed by atoms with Gasteiger partial charge >= 0.3 is 0 Å². The Kier molecular flexibility index (Phi) is 2.17. The number of hydrazine groups is 1. The maximum atomic E-state index is 12.6. The third-order valence-corrected chi connectivity index (χ3v) is 1.09. The van der Waals surface area contributed by atoms with E-state index < -0.39 is 5.95 Å². The Morgan fingerprint density at radius 3 is 2.91 bits per heavy atom. The van der Waals surface area contributed by atoms with Crippen molar-refractivity contribution < 1.29 is 4.39 Å². The molecule has 0 aliphatic carbocycles. The number of anilines is 1. The van der Waals surface area contributed by atoms with Gasteiger partial charge in [0.25, 0.3) is 5.95 Å². The fraction of sp³-hybridized carbons (Fsp3) is 0.200. The lowest BCUT2D eigenvalue weighted by Gasteiger charge is -2.10. The van der Waals surface area contributed by atoms with E-state index in [1.54, 1.807) is 0 Å². The van der Waals surface area contributed by atoms with Crippen LogP contribution in [0.3, 0.4) is 0 Å². The van der Waals surface area contributed by atoms with E-state index >= 15 is 0 Å². The van der Waals surface area contributed by atoms with Gasteiger partial charge in [-0.1, -0.05) is 6.08 Å². The summed E-state index contributed by atoms with van der Waals surface area (Å²) >= 11 is 0. The van der Waals surface area contributed by atoms with Gasteiger partial charge in [-0.25, -0.2) is 5.84 Å². The number of nitrogens with zero attached hydrogens (tertiary/aromatic N) is 3. The standard InChI is InChI=1S/C5H8FN5/c1-2-3-11(7)5-4(6)8-10-9-5/h2H,1,3,7H2,(H,8,9,10). The zero-order valence-corrected chi connectivity index (χ0v) is 5.79. The summed E-state index contributed by atoms with van der Waals surface area (Å²) in [6.45, 7) is 3.76. The Bertz CT molecular complexity index is 245. The van der Waals surface area contributed by atoms with Crippen molar-refractivity contribution >= 4 is 5.82 Å². The zero-order valence-electron chi connectivity index (χ0n) is 5.79. The minimum atomic E-state index is -0.714. The van der Waals surface area contributed by atoms with E-state index in [0.717, 1.165) is 5.01 Å². The molecule has 0 unspecified atom stereocenters. The molecule has 1 rings (SSSR count). The van der Waals surface area contributed by atoms with Gasteiger partial charge in [0.05, 0.1) is 6.54 Å². The van der Waals surface area contributed by atoms with E-state index in [4.69, 9.17) is 5.84 Å². The Labute approximate surface area is 62.7 Å². The van der Waals surface area contributed by atoms with Gasteiger partial charge in [0, 0.05) is 0 Å². The van der Waals surface area contributed by atoms with Crippen molar-refractivity contribution in [3.63, 3.8) is 0 Å². The molecule has 0 spiro atoms. The average molecular weight is 157 g/mol. The Hall–Kier alpha value is -1.43. The molecular formula is C5H8FN5. The second kappa shape index (κ2) is 3.11. The van der Waals surface area contributed by atoms with Crippen LogP contribution >= 0.6 is 0 Å². The predicted molar refractivity (Wildman–Crippen MR) is 38.1 cm³/mol. The van der Waals surface area contributed by atoms with E-state index in [9.17, 15) is 4.39 Å². The van der Waals surface area contributed by atoms with Gasteiger partial charge in [0.15, 0.2) is 0 Å². The van der Waals surface area contributed by atoms with Gasteiger partial charge < -0.3 is 0 Å². The van der Waals surface area contributed by atoms with Crippen molar-refractivity contribution in [3.8, 4) is 0 Å². The van der Waals surface area contributed by atoms with Crippen LogP contribution in [0.25, 0.3) is 0 Å². The molecule has 0 bridgehead atoms. The number of H-pyrrole nitrogens is 1. The highest BCUT2D eigenvalue weighted by Crippen LogP contribution is 2.07. The van der Waals surface area contributed by atoms with Gasteiger partial charge in [0.2, 0.25) is 5.82 Å². The largest absolute Gasteiger partial charge is 0.286 e. The molecule has 1 heterocycles. The number of nitrogens with two attached hydrogens (primary N) is 1. The molecule has 0 saturated carbocycles. The Morgan fingerprint density at radius 2 is 2.45 bits per heavy atom. The van der Waals surface area contributed by atoms with Crippen LogP contribution in [0.15, 0.2) is 12.7 Å². The topological polar surface area (TPSA) is 70.8 Å². The number of hydrogen-bond donors (Lipinski definition) is 2. The minimum Gasteiger partial charge on any atom is -0.286 e. The summed E-state index contributed by atoms with van der Waals surface area (Å²) in [5.74, 6) is 4.63. The van der Waals surface area contributed by atoms with E-state index in [0.29, 0.717) is 6.54 Å². The zero-order chi connectivity index (χ0) is 8.27. The van der Waals surface area contributed by atoms with Crippen molar-refractivity contribution in [3.05, 3.63) is 18.6 Å². The first-order chi connectivity index (χ1) is 5.25. The van der Waals surface area contributed by atoms with E-state index in [1.165, 1.54) is 6.08 Å². The summed E-state index contributed by atoms with van der Waals surface area (Å²) < 4.78 is 12.6. The summed E-state index contributed by atoms with van der Waals surface area (Å²) in [6, 6.07) is 0. The number of aromatic nitrogens is 3.